The van der Waals surface area contributed by atoms with Crippen LogP contribution in [0.5, 0.6) is 0 Å². The molecule has 1 aromatic carbocycles. The summed E-state index contributed by atoms with van der Waals surface area (Å²) >= 11 is 0. The van der Waals surface area contributed by atoms with Crippen molar-refractivity contribution in [3.05, 3.63) is 27.8 Å². The molecule has 0 aliphatic heterocycles. The molecule has 1 aromatic rings. The first-order valence-corrected chi connectivity index (χ1v) is 4.96. The van der Waals surface area contributed by atoms with Crippen LogP contribution in [0.25, 0.3) is 0 Å². The third kappa shape index (κ3) is 0.724. The molecule has 0 aromatic heterocycles. The molecule has 68 valence electrons. The van der Waals surface area contributed by atoms with Gasteiger partial charge in [0, 0.05) is 12.2 Å². The highest BCUT2D eigenvalue weighted by molar-refractivity contribution is 5.69. The second kappa shape index (κ2) is 2.26. The Kier molecular flexibility index (Phi) is 1.29. The second-order valence-electron chi connectivity index (χ2n) is 4.01. The van der Waals surface area contributed by atoms with Crippen LogP contribution in [0, 0.1) is 0 Å². The van der Waals surface area contributed by atoms with Gasteiger partial charge in [-0.05, 0) is 53.5 Å². The number of benzene rings is 1. The largest absolute Gasteiger partial charge is 0.398 e. The number of rotatable bonds is 1. The molecule has 0 heterocycles. The molecule has 2 nitrogen and oxygen atoms in total. The van der Waals surface area contributed by atoms with Gasteiger partial charge in [0.05, 0.1) is 0 Å². The molecule has 0 saturated carbocycles. The van der Waals surface area contributed by atoms with Gasteiger partial charge < -0.3 is 11.5 Å². The molecule has 2 heteroatoms. The zero-order chi connectivity index (χ0) is 9.00. The Morgan fingerprint density at radius 3 is 2.23 bits per heavy atom. The summed E-state index contributed by atoms with van der Waals surface area (Å²) in [6, 6.07) is 0. The molecular weight excluding hydrogens is 160 g/mol. The van der Waals surface area contributed by atoms with E-state index in [0.29, 0.717) is 6.54 Å². The number of nitrogens with two attached hydrogens (primary N) is 2. The van der Waals surface area contributed by atoms with E-state index in [9.17, 15) is 0 Å². The van der Waals surface area contributed by atoms with E-state index in [2.05, 4.69) is 0 Å². The van der Waals surface area contributed by atoms with E-state index in [1.165, 1.54) is 40.7 Å². The van der Waals surface area contributed by atoms with Crippen LogP contribution in [0.3, 0.4) is 0 Å². The third-order valence-electron chi connectivity index (χ3n) is 3.56. The number of nitrogen functional groups attached to an aromatic ring is 1. The first-order valence-electron chi connectivity index (χ1n) is 4.96. The second-order valence-corrected chi connectivity index (χ2v) is 4.01. The van der Waals surface area contributed by atoms with Gasteiger partial charge in [-0.1, -0.05) is 0 Å². The number of hydrogen-bond acceptors (Lipinski definition) is 2. The fraction of sp³-hybridized carbons (Fsp3) is 0.455. The van der Waals surface area contributed by atoms with Gasteiger partial charge in [0.2, 0.25) is 0 Å². The lowest BCUT2D eigenvalue weighted by atomic mass is 9.84. The van der Waals surface area contributed by atoms with Crippen molar-refractivity contribution in [1.82, 2.24) is 0 Å². The van der Waals surface area contributed by atoms with E-state index < -0.39 is 0 Å². The van der Waals surface area contributed by atoms with E-state index in [-0.39, 0.29) is 0 Å². The van der Waals surface area contributed by atoms with Crippen molar-refractivity contribution in [3.63, 3.8) is 0 Å². The Hall–Kier alpha value is -1.02. The lowest BCUT2D eigenvalue weighted by Gasteiger charge is -2.23. The van der Waals surface area contributed by atoms with Crippen LogP contribution in [-0.2, 0) is 32.2 Å². The van der Waals surface area contributed by atoms with Crippen molar-refractivity contribution in [2.24, 2.45) is 5.73 Å². The Bertz CT molecular complexity index is 394. The van der Waals surface area contributed by atoms with E-state index >= 15 is 0 Å². The number of fused-ring (bicyclic) bond motifs is 1. The van der Waals surface area contributed by atoms with Crippen molar-refractivity contribution < 1.29 is 0 Å². The molecule has 0 spiro atoms. The highest BCUT2D eigenvalue weighted by atomic mass is 14.6. The minimum atomic E-state index is 0.669. The van der Waals surface area contributed by atoms with Gasteiger partial charge in [-0.25, -0.2) is 0 Å². The summed E-state index contributed by atoms with van der Waals surface area (Å²) in [5.41, 5.74) is 20.2. The maximum atomic E-state index is 6.10. The highest BCUT2D eigenvalue weighted by Crippen LogP contribution is 2.42. The predicted octanol–water partition coefficient (Wildman–Crippen LogP) is 0.925. The molecule has 0 amide bonds. The average Bonchev–Trinajstić information content (AvgIpc) is 2.54. The van der Waals surface area contributed by atoms with Crippen molar-refractivity contribution in [1.29, 1.82) is 0 Å². The molecule has 13 heavy (non-hydrogen) atoms. The Morgan fingerprint density at radius 1 is 0.846 bits per heavy atom. The zero-order valence-electron chi connectivity index (χ0n) is 7.69. The molecule has 0 unspecified atom stereocenters. The van der Waals surface area contributed by atoms with Gasteiger partial charge in [0.15, 0.2) is 0 Å². The summed E-state index contributed by atoms with van der Waals surface area (Å²) in [5, 5.41) is 0. The summed E-state index contributed by atoms with van der Waals surface area (Å²) in [4.78, 5) is 0. The van der Waals surface area contributed by atoms with Crippen LogP contribution in [0.2, 0.25) is 0 Å². The van der Waals surface area contributed by atoms with Crippen LogP contribution in [0.1, 0.15) is 27.8 Å². The Labute approximate surface area is 77.9 Å². The highest BCUT2D eigenvalue weighted by Gasteiger charge is 2.29. The Balaban J connectivity index is 2.40. The summed E-state index contributed by atoms with van der Waals surface area (Å²) in [6.07, 6.45) is 4.68. The van der Waals surface area contributed by atoms with Gasteiger partial charge in [-0.15, -0.1) is 0 Å². The normalized spacial score (nSPS) is 17.0. The molecule has 0 saturated heterocycles. The van der Waals surface area contributed by atoms with Crippen molar-refractivity contribution in [2.45, 2.75) is 32.2 Å². The van der Waals surface area contributed by atoms with E-state index in [0.717, 1.165) is 18.5 Å². The van der Waals surface area contributed by atoms with Gasteiger partial charge in [-0.3, -0.25) is 0 Å². The molecule has 3 aliphatic rings. The molecule has 4 bridgehead atoms. The van der Waals surface area contributed by atoms with Gasteiger partial charge in [0.1, 0.15) is 0 Å². The van der Waals surface area contributed by atoms with Crippen molar-refractivity contribution in [2.75, 3.05) is 5.73 Å². The third-order valence-corrected chi connectivity index (χ3v) is 3.56. The number of anilines is 1. The summed E-state index contributed by atoms with van der Waals surface area (Å²) < 4.78 is 0. The molecule has 3 aliphatic carbocycles. The monoisotopic (exact) mass is 174 g/mol. The minimum absolute atomic E-state index is 0.669. The standard InChI is InChI=1S/C11H14N2/c12-5-10-7-2-3-8-6(7)1-4-9(10)11(8)13/h1-5,12-13H2. The number of hydrogen-bond donors (Lipinski definition) is 2. The fourth-order valence-electron chi connectivity index (χ4n) is 2.97. The van der Waals surface area contributed by atoms with Crippen molar-refractivity contribution in [3.8, 4) is 0 Å². The quantitative estimate of drug-likeness (QED) is 0.622. The van der Waals surface area contributed by atoms with E-state index in [1.807, 2.05) is 0 Å². The molecule has 4 rings (SSSR count). The van der Waals surface area contributed by atoms with Crippen LogP contribution >= 0.6 is 0 Å². The minimum Gasteiger partial charge on any atom is -0.398 e. The van der Waals surface area contributed by atoms with Crippen LogP contribution in [-0.4, -0.2) is 0 Å². The summed E-state index contributed by atoms with van der Waals surface area (Å²) in [6.45, 7) is 0.669. The van der Waals surface area contributed by atoms with Crippen LogP contribution in [0.4, 0.5) is 5.69 Å². The maximum Gasteiger partial charge on any atom is 0.0385 e. The summed E-state index contributed by atoms with van der Waals surface area (Å²) in [5.74, 6) is 0. The lowest BCUT2D eigenvalue weighted by Crippen LogP contribution is -2.16. The molecule has 4 N–H and O–H groups in total. The van der Waals surface area contributed by atoms with Crippen LogP contribution in [0.15, 0.2) is 0 Å². The molecule has 0 atom stereocenters. The average molecular weight is 174 g/mol. The first-order chi connectivity index (χ1) is 6.33. The fourth-order valence-corrected chi connectivity index (χ4v) is 2.97. The first kappa shape index (κ1) is 7.39. The summed E-state index contributed by atoms with van der Waals surface area (Å²) in [7, 11) is 0. The Morgan fingerprint density at radius 2 is 1.46 bits per heavy atom. The zero-order valence-corrected chi connectivity index (χ0v) is 7.69. The molecule has 0 radical (unpaired) electrons. The van der Waals surface area contributed by atoms with Crippen LogP contribution < -0.4 is 11.5 Å². The smallest absolute Gasteiger partial charge is 0.0385 e. The maximum absolute atomic E-state index is 6.10. The van der Waals surface area contributed by atoms with E-state index in [1.54, 1.807) is 0 Å². The SMILES string of the molecule is NCc1c2c(N)c3c(c1CC3)CC2. The predicted molar refractivity (Wildman–Crippen MR) is 53.6 cm³/mol. The molecule has 0 fully saturated rings. The van der Waals surface area contributed by atoms with Crippen molar-refractivity contribution >= 4 is 5.69 Å². The van der Waals surface area contributed by atoms with Gasteiger partial charge >= 0.3 is 0 Å². The topological polar surface area (TPSA) is 52.0 Å². The lowest BCUT2D eigenvalue weighted by molar-refractivity contribution is 0.861. The molecular formula is C11H14N2. The van der Waals surface area contributed by atoms with Gasteiger partial charge in [-0.2, -0.15) is 0 Å². The van der Waals surface area contributed by atoms with E-state index in [4.69, 9.17) is 11.5 Å². The van der Waals surface area contributed by atoms with Gasteiger partial charge in [0.25, 0.3) is 0 Å².